The number of carbonyl (C=O) groups excluding carboxylic acids is 1. The van der Waals surface area contributed by atoms with Crippen LogP contribution in [0.4, 0.5) is 0 Å². The second kappa shape index (κ2) is 5.63. The van der Waals surface area contributed by atoms with Crippen LogP contribution in [0.15, 0.2) is 30.6 Å². The average molecular weight is 272 g/mol. The fraction of sp³-hybridized carbons (Fsp3) is 0.467. The van der Waals surface area contributed by atoms with Crippen LogP contribution in [0.25, 0.3) is 11.0 Å². The third-order valence-electron chi connectivity index (χ3n) is 3.90. The van der Waals surface area contributed by atoms with E-state index >= 15 is 0 Å². The number of piperidine rings is 1. The molecule has 0 aliphatic carbocycles. The van der Waals surface area contributed by atoms with Gasteiger partial charge >= 0.3 is 0 Å². The molecule has 1 atom stereocenters. The summed E-state index contributed by atoms with van der Waals surface area (Å²) in [7, 11) is 0. The quantitative estimate of drug-likeness (QED) is 0.918. The molecule has 3 rings (SSSR count). The molecule has 1 aliphatic rings. The fourth-order valence-corrected chi connectivity index (χ4v) is 2.80. The number of hydrogen-bond donors (Lipinski definition) is 1. The van der Waals surface area contributed by atoms with Crippen molar-refractivity contribution in [2.45, 2.75) is 31.8 Å². The standard InChI is InChI=1S/C15H20N4O/c16-12-4-3-8-18(10-12)15(20)7-9-19-11-17-13-5-1-2-6-14(13)19/h1-2,5-6,11-12H,3-4,7-10,16H2. The lowest BCUT2D eigenvalue weighted by Gasteiger charge is -2.30. The van der Waals surface area contributed by atoms with E-state index in [1.807, 2.05) is 33.7 Å². The molecule has 2 aromatic rings. The molecule has 2 N–H and O–H groups in total. The highest BCUT2D eigenvalue weighted by Gasteiger charge is 2.20. The molecular weight excluding hydrogens is 252 g/mol. The number of amides is 1. The molecule has 1 aliphatic heterocycles. The van der Waals surface area contributed by atoms with Crippen molar-refractivity contribution in [2.75, 3.05) is 13.1 Å². The molecule has 0 spiro atoms. The van der Waals surface area contributed by atoms with Crippen molar-refractivity contribution < 1.29 is 4.79 Å². The summed E-state index contributed by atoms with van der Waals surface area (Å²) in [6.45, 7) is 2.21. The molecule has 0 radical (unpaired) electrons. The van der Waals surface area contributed by atoms with Gasteiger partial charge in [-0.15, -0.1) is 0 Å². The van der Waals surface area contributed by atoms with Crippen LogP contribution in [0.1, 0.15) is 19.3 Å². The van der Waals surface area contributed by atoms with Gasteiger partial charge in [-0.05, 0) is 25.0 Å². The maximum atomic E-state index is 12.2. The molecule has 5 nitrogen and oxygen atoms in total. The van der Waals surface area contributed by atoms with Crippen LogP contribution in [-0.4, -0.2) is 39.5 Å². The second-order valence-electron chi connectivity index (χ2n) is 5.42. The van der Waals surface area contributed by atoms with Gasteiger partial charge in [0.1, 0.15) is 0 Å². The Hall–Kier alpha value is -1.88. The van der Waals surface area contributed by atoms with Crippen LogP contribution in [0, 0.1) is 0 Å². The Kier molecular flexibility index (Phi) is 3.69. The van der Waals surface area contributed by atoms with Gasteiger partial charge in [0.25, 0.3) is 0 Å². The summed E-state index contributed by atoms with van der Waals surface area (Å²) in [6.07, 6.45) is 4.35. The number of likely N-dealkylation sites (tertiary alicyclic amines) is 1. The van der Waals surface area contributed by atoms with Crippen molar-refractivity contribution in [2.24, 2.45) is 5.73 Å². The molecule has 5 heteroatoms. The van der Waals surface area contributed by atoms with E-state index in [2.05, 4.69) is 4.98 Å². The molecule has 1 aromatic heterocycles. The van der Waals surface area contributed by atoms with Crippen LogP contribution in [-0.2, 0) is 11.3 Å². The first-order chi connectivity index (χ1) is 9.74. The topological polar surface area (TPSA) is 64.2 Å². The number of imidazole rings is 1. The molecule has 106 valence electrons. The number of nitrogens with two attached hydrogens (primary N) is 1. The highest BCUT2D eigenvalue weighted by molar-refractivity contribution is 5.77. The predicted molar refractivity (Wildman–Crippen MR) is 78.1 cm³/mol. The Morgan fingerprint density at radius 3 is 3.10 bits per heavy atom. The van der Waals surface area contributed by atoms with Gasteiger partial charge in [0, 0.05) is 32.1 Å². The first-order valence-corrected chi connectivity index (χ1v) is 7.17. The number of aromatic nitrogens is 2. The maximum absolute atomic E-state index is 12.2. The Labute approximate surface area is 118 Å². The summed E-state index contributed by atoms with van der Waals surface area (Å²) in [4.78, 5) is 18.4. The highest BCUT2D eigenvalue weighted by atomic mass is 16.2. The third kappa shape index (κ3) is 2.67. The summed E-state index contributed by atoms with van der Waals surface area (Å²) < 4.78 is 2.04. The summed E-state index contributed by atoms with van der Waals surface area (Å²) in [5.41, 5.74) is 7.97. The number of nitrogens with zero attached hydrogens (tertiary/aromatic N) is 3. The lowest BCUT2D eigenvalue weighted by Crippen LogP contribution is -2.45. The number of fused-ring (bicyclic) bond motifs is 1. The third-order valence-corrected chi connectivity index (χ3v) is 3.90. The minimum absolute atomic E-state index is 0.141. The Morgan fingerprint density at radius 1 is 1.40 bits per heavy atom. The van der Waals surface area contributed by atoms with Gasteiger partial charge in [0.05, 0.1) is 17.4 Å². The van der Waals surface area contributed by atoms with Crippen molar-refractivity contribution in [3.63, 3.8) is 0 Å². The number of aryl methyl sites for hydroxylation is 1. The van der Waals surface area contributed by atoms with Gasteiger partial charge < -0.3 is 15.2 Å². The molecule has 0 bridgehead atoms. The van der Waals surface area contributed by atoms with E-state index in [1.54, 1.807) is 6.33 Å². The SMILES string of the molecule is NC1CCCN(C(=O)CCn2cnc3ccccc32)C1. The molecular formula is C15H20N4O. The fourth-order valence-electron chi connectivity index (χ4n) is 2.80. The van der Waals surface area contributed by atoms with Gasteiger partial charge in [-0.1, -0.05) is 12.1 Å². The van der Waals surface area contributed by atoms with Crippen LogP contribution in [0.2, 0.25) is 0 Å². The number of benzene rings is 1. The smallest absolute Gasteiger partial charge is 0.224 e. The van der Waals surface area contributed by atoms with Gasteiger partial charge in [0.2, 0.25) is 5.91 Å². The first-order valence-electron chi connectivity index (χ1n) is 7.17. The average Bonchev–Trinajstić information content (AvgIpc) is 2.88. The van der Waals surface area contributed by atoms with E-state index in [9.17, 15) is 4.79 Å². The zero-order valence-electron chi connectivity index (χ0n) is 11.5. The van der Waals surface area contributed by atoms with E-state index in [0.717, 1.165) is 30.4 Å². The molecule has 1 fully saturated rings. The van der Waals surface area contributed by atoms with Gasteiger partial charge in [-0.2, -0.15) is 0 Å². The lowest BCUT2D eigenvalue weighted by atomic mass is 10.1. The van der Waals surface area contributed by atoms with E-state index in [1.165, 1.54) is 0 Å². The van der Waals surface area contributed by atoms with Crippen LogP contribution in [0.3, 0.4) is 0 Å². The van der Waals surface area contributed by atoms with Crippen molar-refractivity contribution in [1.29, 1.82) is 0 Å². The molecule has 1 amide bonds. The van der Waals surface area contributed by atoms with Gasteiger partial charge in [0.15, 0.2) is 0 Å². The monoisotopic (exact) mass is 272 g/mol. The summed E-state index contributed by atoms with van der Waals surface area (Å²) in [6, 6.07) is 8.12. The Morgan fingerprint density at radius 2 is 2.25 bits per heavy atom. The molecule has 1 unspecified atom stereocenters. The zero-order valence-corrected chi connectivity index (χ0v) is 11.5. The van der Waals surface area contributed by atoms with E-state index in [4.69, 9.17) is 5.73 Å². The van der Waals surface area contributed by atoms with E-state index < -0.39 is 0 Å². The molecule has 1 saturated heterocycles. The molecule has 0 saturated carbocycles. The number of hydrogen-bond acceptors (Lipinski definition) is 3. The summed E-state index contributed by atoms with van der Waals surface area (Å²) >= 11 is 0. The minimum Gasteiger partial charge on any atom is -0.341 e. The van der Waals surface area contributed by atoms with Crippen LogP contribution >= 0.6 is 0 Å². The van der Waals surface area contributed by atoms with Gasteiger partial charge in [-0.3, -0.25) is 4.79 Å². The number of carbonyl (C=O) groups is 1. The van der Waals surface area contributed by atoms with Crippen LogP contribution in [0.5, 0.6) is 0 Å². The van der Waals surface area contributed by atoms with Crippen molar-refractivity contribution >= 4 is 16.9 Å². The molecule has 1 aromatic carbocycles. The molecule has 20 heavy (non-hydrogen) atoms. The minimum atomic E-state index is 0.141. The normalized spacial score (nSPS) is 19.4. The van der Waals surface area contributed by atoms with E-state index in [0.29, 0.717) is 19.5 Å². The largest absolute Gasteiger partial charge is 0.341 e. The zero-order chi connectivity index (χ0) is 13.9. The van der Waals surface area contributed by atoms with Crippen molar-refractivity contribution in [1.82, 2.24) is 14.5 Å². The highest BCUT2D eigenvalue weighted by Crippen LogP contribution is 2.14. The van der Waals surface area contributed by atoms with E-state index in [-0.39, 0.29) is 11.9 Å². The van der Waals surface area contributed by atoms with Crippen molar-refractivity contribution in [3.8, 4) is 0 Å². The Balaban J connectivity index is 1.63. The van der Waals surface area contributed by atoms with Crippen LogP contribution < -0.4 is 5.73 Å². The predicted octanol–water partition coefficient (Wildman–Crippen LogP) is 1.38. The van der Waals surface area contributed by atoms with Gasteiger partial charge in [-0.25, -0.2) is 4.98 Å². The Bertz CT molecular complexity index is 607. The second-order valence-corrected chi connectivity index (χ2v) is 5.42. The maximum Gasteiger partial charge on any atom is 0.224 e. The first kappa shape index (κ1) is 13.1. The summed E-state index contributed by atoms with van der Waals surface area (Å²) in [5, 5.41) is 0. The van der Waals surface area contributed by atoms with Crippen molar-refractivity contribution in [3.05, 3.63) is 30.6 Å². The summed E-state index contributed by atoms with van der Waals surface area (Å²) in [5.74, 6) is 0.193. The number of rotatable bonds is 3. The number of para-hydroxylation sites is 2. The lowest BCUT2D eigenvalue weighted by molar-refractivity contribution is -0.132. The molecule has 2 heterocycles.